The van der Waals surface area contributed by atoms with Crippen molar-refractivity contribution in [3.63, 3.8) is 0 Å². The monoisotopic (exact) mass is 287 g/mol. The summed E-state index contributed by atoms with van der Waals surface area (Å²) in [6, 6.07) is -0.237. The first-order valence-corrected chi connectivity index (χ1v) is 7.19. The third kappa shape index (κ3) is 5.75. The fraction of sp³-hybridized carbons (Fsp3) is 0.846. The van der Waals surface area contributed by atoms with Gasteiger partial charge >= 0.3 is 12.0 Å². The SMILES string of the molecule is CCN(CC)CCNC(=O)NCC1CCC(C(=O)O)O1. The Bertz CT molecular complexity index is 321. The van der Waals surface area contributed by atoms with E-state index in [0.29, 0.717) is 25.9 Å². The molecule has 1 fully saturated rings. The lowest BCUT2D eigenvalue weighted by atomic mass is 10.2. The molecule has 1 aliphatic rings. The van der Waals surface area contributed by atoms with Crippen LogP contribution < -0.4 is 10.6 Å². The van der Waals surface area contributed by atoms with Crippen molar-refractivity contribution in [2.45, 2.75) is 38.9 Å². The molecule has 0 aromatic heterocycles. The highest BCUT2D eigenvalue weighted by Gasteiger charge is 2.30. The number of likely N-dealkylation sites (N-methyl/N-ethyl adjacent to an activating group) is 1. The molecule has 1 aliphatic heterocycles. The lowest BCUT2D eigenvalue weighted by Crippen LogP contribution is -2.43. The van der Waals surface area contributed by atoms with Gasteiger partial charge in [-0.25, -0.2) is 9.59 Å². The topological polar surface area (TPSA) is 90.9 Å². The van der Waals surface area contributed by atoms with Crippen molar-refractivity contribution in [2.24, 2.45) is 0 Å². The Morgan fingerprint density at radius 2 is 1.95 bits per heavy atom. The standard InChI is InChI=1S/C13H25N3O4/c1-3-16(4-2)8-7-14-13(19)15-9-10-5-6-11(20-10)12(17)18/h10-11H,3-9H2,1-2H3,(H,17,18)(H2,14,15,19). The van der Waals surface area contributed by atoms with Gasteiger partial charge in [0.2, 0.25) is 0 Å². The molecule has 2 atom stereocenters. The van der Waals surface area contributed by atoms with E-state index >= 15 is 0 Å². The van der Waals surface area contributed by atoms with E-state index in [1.165, 1.54) is 0 Å². The molecule has 20 heavy (non-hydrogen) atoms. The van der Waals surface area contributed by atoms with Crippen molar-refractivity contribution >= 4 is 12.0 Å². The number of nitrogens with one attached hydrogen (secondary N) is 2. The Labute approximate surface area is 119 Å². The van der Waals surface area contributed by atoms with Gasteiger partial charge in [0.1, 0.15) is 0 Å². The van der Waals surface area contributed by atoms with Crippen molar-refractivity contribution in [3.05, 3.63) is 0 Å². The van der Waals surface area contributed by atoms with Crippen LogP contribution in [0, 0.1) is 0 Å². The van der Waals surface area contributed by atoms with Crippen LogP contribution in [-0.2, 0) is 9.53 Å². The Morgan fingerprint density at radius 3 is 2.50 bits per heavy atom. The number of nitrogens with zero attached hydrogens (tertiary/aromatic N) is 1. The van der Waals surface area contributed by atoms with E-state index < -0.39 is 12.1 Å². The zero-order chi connectivity index (χ0) is 15.0. The molecule has 7 heteroatoms. The summed E-state index contributed by atoms with van der Waals surface area (Å²) in [5.41, 5.74) is 0. The minimum Gasteiger partial charge on any atom is -0.479 e. The van der Waals surface area contributed by atoms with E-state index in [1.54, 1.807) is 0 Å². The molecule has 1 saturated heterocycles. The molecule has 0 aliphatic carbocycles. The zero-order valence-electron chi connectivity index (χ0n) is 12.2. The second-order valence-electron chi connectivity index (χ2n) is 4.83. The zero-order valence-corrected chi connectivity index (χ0v) is 12.2. The molecule has 1 heterocycles. The first-order chi connectivity index (χ1) is 9.56. The van der Waals surface area contributed by atoms with Gasteiger partial charge in [0.25, 0.3) is 0 Å². The predicted octanol–water partition coefficient (Wildman–Crippen LogP) is 0.260. The van der Waals surface area contributed by atoms with Crippen LogP contribution in [0.3, 0.4) is 0 Å². The average Bonchev–Trinajstić information content (AvgIpc) is 2.90. The van der Waals surface area contributed by atoms with Crippen LogP contribution >= 0.6 is 0 Å². The number of carboxylic acid groups (broad SMARTS) is 1. The Morgan fingerprint density at radius 1 is 1.25 bits per heavy atom. The number of ether oxygens (including phenoxy) is 1. The first kappa shape index (κ1) is 16.7. The summed E-state index contributed by atoms with van der Waals surface area (Å²) in [5.74, 6) is -0.934. The van der Waals surface area contributed by atoms with E-state index in [2.05, 4.69) is 29.4 Å². The summed E-state index contributed by atoms with van der Waals surface area (Å²) in [4.78, 5) is 24.5. The van der Waals surface area contributed by atoms with Crippen molar-refractivity contribution in [3.8, 4) is 0 Å². The Hall–Kier alpha value is -1.34. The second-order valence-corrected chi connectivity index (χ2v) is 4.83. The highest BCUT2D eigenvalue weighted by Crippen LogP contribution is 2.18. The van der Waals surface area contributed by atoms with Gasteiger partial charge < -0.3 is 25.4 Å². The number of amides is 2. The maximum Gasteiger partial charge on any atom is 0.332 e. The summed E-state index contributed by atoms with van der Waals surface area (Å²) in [5, 5.41) is 14.3. The van der Waals surface area contributed by atoms with Gasteiger partial charge in [-0.2, -0.15) is 0 Å². The van der Waals surface area contributed by atoms with Gasteiger partial charge in [-0.05, 0) is 25.9 Å². The van der Waals surface area contributed by atoms with Crippen LogP contribution in [0.1, 0.15) is 26.7 Å². The largest absolute Gasteiger partial charge is 0.479 e. The Balaban J connectivity index is 2.10. The van der Waals surface area contributed by atoms with E-state index in [-0.39, 0.29) is 12.1 Å². The normalized spacial score (nSPS) is 21.9. The van der Waals surface area contributed by atoms with E-state index in [9.17, 15) is 9.59 Å². The number of urea groups is 1. The molecule has 1 rings (SSSR count). The minimum absolute atomic E-state index is 0.204. The second kappa shape index (κ2) is 8.76. The molecule has 0 saturated carbocycles. The summed E-state index contributed by atoms with van der Waals surface area (Å²) in [6.07, 6.45) is 0.235. The maximum atomic E-state index is 11.6. The summed E-state index contributed by atoms with van der Waals surface area (Å²) >= 11 is 0. The lowest BCUT2D eigenvalue weighted by molar-refractivity contribution is -0.149. The summed E-state index contributed by atoms with van der Waals surface area (Å²) in [7, 11) is 0. The molecule has 0 spiro atoms. The minimum atomic E-state index is -0.934. The molecular formula is C13H25N3O4. The summed E-state index contributed by atoms with van der Waals surface area (Å²) in [6.45, 7) is 7.86. The van der Waals surface area contributed by atoms with Crippen LogP contribution in [0.25, 0.3) is 0 Å². The maximum absolute atomic E-state index is 11.6. The van der Waals surface area contributed by atoms with Crippen molar-refractivity contribution < 1.29 is 19.4 Å². The van der Waals surface area contributed by atoms with Crippen molar-refractivity contribution in [2.75, 3.05) is 32.7 Å². The quantitative estimate of drug-likeness (QED) is 0.596. The number of rotatable bonds is 8. The molecule has 0 bridgehead atoms. The third-order valence-corrected chi connectivity index (χ3v) is 3.48. The lowest BCUT2D eigenvalue weighted by Gasteiger charge is -2.18. The highest BCUT2D eigenvalue weighted by atomic mass is 16.5. The smallest absolute Gasteiger partial charge is 0.332 e. The molecule has 0 aromatic rings. The average molecular weight is 287 g/mol. The highest BCUT2D eigenvalue weighted by molar-refractivity contribution is 5.74. The first-order valence-electron chi connectivity index (χ1n) is 7.19. The fourth-order valence-corrected chi connectivity index (χ4v) is 2.17. The van der Waals surface area contributed by atoms with Crippen molar-refractivity contribution in [1.29, 1.82) is 0 Å². The van der Waals surface area contributed by atoms with Crippen LogP contribution in [0.5, 0.6) is 0 Å². The van der Waals surface area contributed by atoms with Crippen molar-refractivity contribution in [1.82, 2.24) is 15.5 Å². The summed E-state index contributed by atoms with van der Waals surface area (Å²) < 4.78 is 5.30. The van der Waals surface area contributed by atoms with Crippen LogP contribution in [0.15, 0.2) is 0 Å². The van der Waals surface area contributed by atoms with Gasteiger partial charge in [0.15, 0.2) is 6.10 Å². The van der Waals surface area contributed by atoms with Gasteiger partial charge in [0.05, 0.1) is 6.10 Å². The molecule has 2 unspecified atom stereocenters. The number of hydrogen-bond donors (Lipinski definition) is 3. The third-order valence-electron chi connectivity index (χ3n) is 3.48. The number of carboxylic acids is 1. The van der Waals surface area contributed by atoms with E-state index in [4.69, 9.17) is 9.84 Å². The van der Waals surface area contributed by atoms with Crippen LogP contribution in [-0.4, -0.2) is 66.9 Å². The number of aliphatic carboxylic acids is 1. The van der Waals surface area contributed by atoms with E-state index in [1.807, 2.05) is 0 Å². The molecule has 3 N–H and O–H groups in total. The van der Waals surface area contributed by atoms with Crippen LogP contribution in [0.4, 0.5) is 4.79 Å². The van der Waals surface area contributed by atoms with E-state index in [0.717, 1.165) is 19.6 Å². The number of carbonyl (C=O) groups excluding carboxylic acids is 1. The number of hydrogen-bond acceptors (Lipinski definition) is 4. The predicted molar refractivity (Wildman–Crippen MR) is 74.7 cm³/mol. The van der Waals surface area contributed by atoms with Gasteiger partial charge in [0, 0.05) is 19.6 Å². The molecule has 7 nitrogen and oxygen atoms in total. The Kier molecular flexibility index (Phi) is 7.32. The van der Waals surface area contributed by atoms with Gasteiger partial charge in [-0.3, -0.25) is 0 Å². The number of carbonyl (C=O) groups is 2. The molecule has 2 amide bonds. The molecule has 0 radical (unpaired) electrons. The van der Waals surface area contributed by atoms with Gasteiger partial charge in [-0.1, -0.05) is 13.8 Å². The molecule has 0 aromatic carbocycles. The fourth-order valence-electron chi connectivity index (χ4n) is 2.17. The van der Waals surface area contributed by atoms with Crippen LogP contribution in [0.2, 0.25) is 0 Å². The van der Waals surface area contributed by atoms with Gasteiger partial charge in [-0.15, -0.1) is 0 Å². The molecular weight excluding hydrogens is 262 g/mol. The molecule has 116 valence electrons.